The van der Waals surface area contributed by atoms with E-state index in [-0.39, 0.29) is 11.9 Å². The van der Waals surface area contributed by atoms with Gasteiger partial charge in [0.25, 0.3) is 5.91 Å². The summed E-state index contributed by atoms with van der Waals surface area (Å²) in [6.45, 7) is 0. The lowest BCUT2D eigenvalue weighted by Crippen LogP contribution is -2.28. The van der Waals surface area contributed by atoms with Crippen molar-refractivity contribution in [2.45, 2.75) is 6.04 Å². The van der Waals surface area contributed by atoms with Gasteiger partial charge in [0.05, 0.1) is 18.0 Å². The van der Waals surface area contributed by atoms with E-state index in [1.165, 1.54) is 11.3 Å². The Labute approximate surface area is 139 Å². The summed E-state index contributed by atoms with van der Waals surface area (Å²) in [6.07, 6.45) is 0. The largest absolute Gasteiger partial charge is 0.497 e. The van der Waals surface area contributed by atoms with Crippen LogP contribution in [0.4, 0.5) is 0 Å². The molecule has 3 rings (SSSR count). The van der Waals surface area contributed by atoms with Gasteiger partial charge in [-0.05, 0) is 34.7 Å². The number of thiophene rings is 1. The van der Waals surface area contributed by atoms with Crippen molar-refractivity contribution in [3.63, 3.8) is 0 Å². The molecule has 0 radical (unpaired) electrons. The molecule has 1 unspecified atom stereocenters. The van der Waals surface area contributed by atoms with Crippen LogP contribution in [0.2, 0.25) is 0 Å². The fourth-order valence-electron chi connectivity index (χ4n) is 2.41. The van der Waals surface area contributed by atoms with Gasteiger partial charge >= 0.3 is 0 Å². The first-order valence-corrected chi connectivity index (χ1v) is 8.19. The predicted molar refractivity (Wildman–Crippen MR) is 93.1 cm³/mol. The Morgan fingerprint density at radius 1 is 0.957 bits per heavy atom. The van der Waals surface area contributed by atoms with Crippen molar-refractivity contribution < 1.29 is 9.53 Å². The number of ether oxygens (including phenoxy) is 1. The van der Waals surface area contributed by atoms with Crippen LogP contribution < -0.4 is 10.1 Å². The van der Waals surface area contributed by atoms with Crippen LogP contribution in [-0.2, 0) is 0 Å². The van der Waals surface area contributed by atoms with Crippen molar-refractivity contribution >= 4 is 17.2 Å². The summed E-state index contributed by atoms with van der Waals surface area (Å²) in [5.41, 5.74) is 2.06. The lowest BCUT2D eigenvalue weighted by molar-refractivity contribution is 0.0947. The zero-order valence-electron chi connectivity index (χ0n) is 12.7. The van der Waals surface area contributed by atoms with Gasteiger partial charge < -0.3 is 10.1 Å². The summed E-state index contributed by atoms with van der Waals surface area (Å²) in [7, 11) is 1.64. The molecule has 1 amide bonds. The van der Waals surface area contributed by atoms with Gasteiger partial charge in [0.1, 0.15) is 5.75 Å². The molecule has 116 valence electrons. The van der Waals surface area contributed by atoms with E-state index in [2.05, 4.69) is 5.32 Å². The van der Waals surface area contributed by atoms with E-state index in [1.54, 1.807) is 7.11 Å². The minimum absolute atomic E-state index is 0.0651. The molecule has 0 saturated carbocycles. The summed E-state index contributed by atoms with van der Waals surface area (Å²) in [4.78, 5) is 13.2. The monoisotopic (exact) mass is 323 g/mol. The fourth-order valence-corrected chi connectivity index (χ4v) is 3.04. The van der Waals surface area contributed by atoms with Gasteiger partial charge in [-0.1, -0.05) is 48.5 Å². The molecule has 3 aromatic rings. The van der Waals surface area contributed by atoms with Crippen LogP contribution in [0.15, 0.2) is 72.1 Å². The summed E-state index contributed by atoms with van der Waals surface area (Å²) in [6, 6.07) is 21.2. The average Bonchev–Trinajstić information content (AvgIpc) is 3.15. The van der Waals surface area contributed by atoms with Crippen LogP contribution in [0.1, 0.15) is 26.8 Å². The van der Waals surface area contributed by atoms with E-state index in [0.717, 1.165) is 16.9 Å². The van der Waals surface area contributed by atoms with E-state index >= 15 is 0 Å². The number of benzene rings is 2. The van der Waals surface area contributed by atoms with Crippen LogP contribution in [0.5, 0.6) is 5.75 Å². The molecule has 1 atom stereocenters. The van der Waals surface area contributed by atoms with Gasteiger partial charge in [-0.2, -0.15) is 0 Å². The molecule has 0 bridgehead atoms. The highest BCUT2D eigenvalue weighted by atomic mass is 32.1. The summed E-state index contributed by atoms with van der Waals surface area (Å²) < 4.78 is 5.21. The number of amides is 1. The normalized spacial score (nSPS) is 11.7. The number of rotatable bonds is 5. The Morgan fingerprint density at radius 2 is 1.65 bits per heavy atom. The molecule has 1 N–H and O–H groups in total. The number of carbonyl (C=O) groups excluding carboxylic acids is 1. The maximum atomic E-state index is 12.5. The predicted octanol–water partition coefficient (Wildman–Crippen LogP) is 4.28. The van der Waals surface area contributed by atoms with Crippen molar-refractivity contribution in [1.29, 1.82) is 0 Å². The van der Waals surface area contributed by atoms with E-state index in [4.69, 9.17) is 4.74 Å². The summed E-state index contributed by atoms with van der Waals surface area (Å²) >= 11 is 1.44. The second-order valence-electron chi connectivity index (χ2n) is 5.07. The van der Waals surface area contributed by atoms with E-state index in [1.807, 2.05) is 72.1 Å². The molecule has 1 heterocycles. The second-order valence-corrected chi connectivity index (χ2v) is 6.02. The molecule has 1 aromatic heterocycles. The topological polar surface area (TPSA) is 38.3 Å². The lowest BCUT2D eigenvalue weighted by atomic mass is 9.98. The van der Waals surface area contributed by atoms with Gasteiger partial charge in [-0.25, -0.2) is 0 Å². The molecular formula is C19H17NO2S. The van der Waals surface area contributed by atoms with Crippen LogP contribution in [0, 0.1) is 0 Å². The van der Waals surface area contributed by atoms with Crippen molar-refractivity contribution in [2.24, 2.45) is 0 Å². The summed E-state index contributed by atoms with van der Waals surface area (Å²) in [5.74, 6) is 0.731. The number of hydrogen-bond donors (Lipinski definition) is 1. The van der Waals surface area contributed by atoms with Crippen molar-refractivity contribution in [3.8, 4) is 5.75 Å². The highest BCUT2D eigenvalue weighted by Crippen LogP contribution is 2.25. The highest BCUT2D eigenvalue weighted by molar-refractivity contribution is 7.12. The summed E-state index contributed by atoms with van der Waals surface area (Å²) in [5, 5.41) is 5.02. The number of hydrogen-bond acceptors (Lipinski definition) is 3. The Morgan fingerprint density at radius 3 is 2.26 bits per heavy atom. The van der Waals surface area contributed by atoms with Gasteiger partial charge in [0.2, 0.25) is 0 Å². The Kier molecular flexibility index (Phi) is 4.74. The van der Waals surface area contributed by atoms with Gasteiger partial charge in [-0.15, -0.1) is 11.3 Å². The van der Waals surface area contributed by atoms with Crippen LogP contribution in [-0.4, -0.2) is 13.0 Å². The van der Waals surface area contributed by atoms with Crippen molar-refractivity contribution in [2.75, 3.05) is 7.11 Å². The Bertz CT molecular complexity index is 752. The first kappa shape index (κ1) is 15.3. The molecule has 4 heteroatoms. The molecular weight excluding hydrogens is 306 g/mol. The molecule has 23 heavy (non-hydrogen) atoms. The van der Waals surface area contributed by atoms with E-state index in [9.17, 15) is 4.79 Å². The zero-order valence-corrected chi connectivity index (χ0v) is 13.5. The molecule has 0 saturated heterocycles. The molecule has 3 nitrogen and oxygen atoms in total. The molecule has 0 fully saturated rings. The van der Waals surface area contributed by atoms with E-state index < -0.39 is 0 Å². The first-order valence-electron chi connectivity index (χ1n) is 7.31. The maximum absolute atomic E-state index is 12.5. The fraction of sp³-hybridized carbons (Fsp3) is 0.105. The number of carbonyl (C=O) groups is 1. The van der Waals surface area contributed by atoms with Gasteiger partial charge in [0, 0.05) is 0 Å². The maximum Gasteiger partial charge on any atom is 0.262 e. The SMILES string of the molecule is COc1ccc(C(NC(=O)c2cccs2)c2ccccc2)cc1. The second kappa shape index (κ2) is 7.11. The van der Waals surface area contributed by atoms with Crippen molar-refractivity contribution in [1.82, 2.24) is 5.32 Å². The molecule has 0 spiro atoms. The van der Waals surface area contributed by atoms with Gasteiger partial charge in [-0.3, -0.25) is 4.79 Å². The smallest absolute Gasteiger partial charge is 0.262 e. The van der Waals surface area contributed by atoms with Gasteiger partial charge in [0.15, 0.2) is 0 Å². The van der Waals surface area contributed by atoms with Crippen LogP contribution in [0.3, 0.4) is 0 Å². The molecule has 0 aliphatic rings. The molecule has 0 aliphatic carbocycles. The van der Waals surface area contributed by atoms with Crippen LogP contribution >= 0.6 is 11.3 Å². The third kappa shape index (κ3) is 3.60. The third-order valence-electron chi connectivity index (χ3n) is 3.60. The lowest BCUT2D eigenvalue weighted by Gasteiger charge is -2.20. The zero-order chi connectivity index (χ0) is 16.1. The Balaban J connectivity index is 1.91. The average molecular weight is 323 g/mol. The highest BCUT2D eigenvalue weighted by Gasteiger charge is 2.18. The Hall–Kier alpha value is -2.59. The minimum atomic E-state index is -0.197. The first-order chi connectivity index (χ1) is 11.3. The number of nitrogens with one attached hydrogen (secondary N) is 1. The minimum Gasteiger partial charge on any atom is -0.497 e. The quantitative estimate of drug-likeness (QED) is 0.761. The standard InChI is InChI=1S/C19H17NO2S/c1-22-16-11-9-15(10-12-16)18(14-6-3-2-4-7-14)20-19(21)17-8-5-13-23-17/h2-13,18H,1H3,(H,20,21). The molecule has 2 aromatic carbocycles. The van der Waals surface area contributed by atoms with Crippen LogP contribution in [0.25, 0.3) is 0 Å². The molecule has 0 aliphatic heterocycles. The third-order valence-corrected chi connectivity index (χ3v) is 4.47. The van der Waals surface area contributed by atoms with E-state index in [0.29, 0.717) is 4.88 Å². The number of methoxy groups -OCH3 is 1. The van der Waals surface area contributed by atoms with Crippen molar-refractivity contribution in [3.05, 3.63) is 88.1 Å².